The fraction of sp³-hybridized carbons (Fsp3) is 0. The number of carboxylic acid groups (broad SMARTS) is 4. The van der Waals surface area contributed by atoms with E-state index in [1.165, 1.54) is 34.8 Å². The van der Waals surface area contributed by atoms with Gasteiger partial charge < -0.3 is 29.5 Å². The molecule has 14 rings (SSSR count). The molecule has 0 saturated heterocycles. The molecule has 0 aliphatic heterocycles. The number of hydrogen-bond donors (Lipinski definition) is 4. The van der Waals surface area contributed by atoms with Gasteiger partial charge in [0.25, 0.3) is 11.8 Å². The van der Waals surface area contributed by atoms with Gasteiger partial charge in [-0.15, -0.1) is 22.7 Å². The largest absolute Gasteiger partial charge is 0.477 e. The van der Waals surface area contributed by atoms with E-state index in [-0.39, 0.29) is 28.6 Å². The van der Waals surface area contributed by atoms with Crippen molar-refractivity contribution in [3.05, 3.63) is 238 Å². The lowest BCUT2D eigenvalue weighted by Gasteiger charge is -2.01. The minimum atomic E-state index is -1.33. The first-order valence-electron chi connectivity index (χ1n) is 28.6. The molecule has 6 aromatic heterocycles. The maximum atomic E-state index is 11.0. The Morgan fingerprint density at radius 3 is 1.20 bits per heavy atom. The molecule has 24 nitrogen and oxygen atoms in total. The van der Waals surface area contributed by atoms with Crippen LogP contribution in [-0.2, 0) is 19.2 Å². The number of aromatic nitrogens is 8. The standard InChI is InChI=1S/2C20H11N3O3S.2C16H9N3O3/c21-11-15(20(24)25)10-16-7-8-17(27-16)18-22-19(26-23-18)14-6-5-12-3-1-2-4-13(12)9-14;21-11-15(20(24)25)10-16-7-8-17(27-16)19-18(22-26-23-19)14-6-5-12-3-1-2-4-13(12)9-14;17-9-13(16(20)21)8-14-18-15(22-19-14)12-6-5-10-3-1-2-4-11(10)7-12;17-9-13(16(20)21)8-14-15(19-22-18-14)12-6-5-10-3-1-2-4-11(10)7-12/h2*1-10H,(H,24,25);2*1-8H,(H,20,21)/b2*15-10-;2*13-8-. The van der Waals surface area contributed by atoms with Crippen LogP contribution in [0.3, 0.4) is 0 Å². The van der Waals surface area contributed by atoms with Gasteiger partial charge in [0.2, 0.25) is 5.82 Å². The lowest BCUT2D eigenvalue weighted by molar-refractivity contribution is -0.133. The Bertz CT molecular complexity index is 5720. The topological polar surface area (TPSA) is 400 Å². The van der Waals surface area contributed by atoms with Crippen LogP contribution in [0.2, 0.25) is 0 Å². The Morgan fingerprint density at radius 2 is 0.724 bits per heavy atom. The van der Waals surface area contributed by atoms with Crippen molar-refractivity contribution in [1.82, 2.24) is 40.9 Å². The average molecular weight is 1330 g/mol. The summed E-state index contributed by atoms with van der Waals surface area (Å²) in [7, 11) is 0. The van der Waals surface area contributed by atoms with Gasteiger partial charge in [-0.3, -0.25) is 0 Å². The second-order valence-corrected chi connectivity index (χ2v) is 22.6. The molecule has 0 bridgehead atoms. The van der Waals surface area contributed by atoms with Crippen LogP contribution in [0.1, 0.15) is 21.3 Å². The third kappa shape index (κ3) is 15.4. The highest BCUT2D eigenvalue weighted by molar-refractivity contribution is 7.16. The smallest absolute Gasteiger partial charge is 0.346 e. The van der Waals surface area contributed by atoms with E-state index < -0.39 is 35.0 Å². The van der Waals surface area contributed by atoms with Crippen molar-refractivity contribution in [2.75, 3.05) is 0 Å². The first-order chi connectivity index (χ1) is 47.6. The number of aliphatic carboxylic acids is 4. The summed E-state index contributed by atoms with van der Waals surface area (Å²) in [6, 6.07) is 68.4. The number of benzene rings is 8. The maximum Gasteiger partial charge on any atom is 0.346 e. The summed E-state index contributed by atoms with van der Waals surface area (Å²) in [5.74, 6) is -4.05. The summed E-state index contributed by atoms with van der Waals surface area (Å²) in [5.41, 5.74) is 3.39. The zero-order valence-electron chi connectivity index (χ0n) is 50.0. The molecule has 98 heavy (non-hydrogen) atoms. The molecule has 0 amide bonds. The number of thiophene rings is 2. The molecular formula is C72H40N12O12S2. The SMILES string of the molecule is N#C/C(=C/c1ccc(-c2noc(-c3ccc4ccccc4c3)n2)s1)C(=O)O.N#C/C(=C/c1ccc(-c2nonc2-c2ccc3ccccc3c2)s1)C(=O)O.N#C/C(=C/c1noc(-c2ccc3ccccc3c2)n1)C(=O)O.N#C/C(=C/c1nonc1-c1ccc2ccccc2c1)C(=O)O. The maximum absolute atomic E-state index is 11.0. The average Bonchev–Trinajstić information content (AvgIpc) is 1.63. The number of rotatable bonds is 14. The monoisotopic (exact) mass is 1330 g/mol. The van der Waals surface area contributed by atoms with Gasteiger partial charge in [-0.2, -0.15) is 31.0 Å². The minimum Gasteiger partial charge on any atom is -0.477 e. The highest BCUT2D eigenvalue weighted by Gasteiger charge is 2.20. The van der Waals surface area contributed by atoms with Crippen LogP contribution >= 0.6 is 22.7 Å². The summed E-state index contributed by atoms with van der Waals surface area (Å²) in [4.78, 5) is 54.9. The molecule has 472 valence electrons. The van der Waals surface area contributed by atoms with E-state index in [0.29, 0.717) is 38.6 Å². The summed E-state index contributed by atoms with van der Waals surface area (Å²) < 4.78 is 20.2. The van der Waals surface area contributed by atoms with E-state index in [4.69, 9.17) is 59.8 Å². The van der Waals surface area contributed by atoms with Gasteiger partial charge in [-0.1, -0.05) is 144 Å². The van der Waals surface area contributed by atoms with E-state index in [0.717, 1.165) is 87.2 Å². The van der Waals surface area contributed by atoms with E-state index in [9.17, 15) is 19.2 Å². The molecule has 4 N–H and O–H groups in total. The highest BCUT2D eigenvalue weighted by atomic mass is 32.1. The number of fused-ring (bicyclic) bond motifs is 4. The zero-order valence-corrected chi connectivity index (χ0v) is 51.7. The molecule has 0 atom stereocenters. The Kier molecular flexibility index (Phi) is 19.8. The Hall–Kier alpha value is -14.4. The van der Waals surface area contributed by atoms with Crippen LogP contribution in [0.15, 0.2) is 235 Å². The molecule has 0 saturated carbocycles. The minimum absolute atomic E-state index is 0.0436. The Labute approximate surface area is 559 Å². The van der Waals surface area contributed by atoms with Gasteiger partial charge >= 0.3 is 23.9 Å². The molecule has 14 aromatic rings. The second kappa shape index (κ2) is 29.9. The van der Waals surface area contributed by atoms with Crippen molar-refractivity contribution < 1.29 is 57.9 Å². The van der Waals surface area contributed by atoms with Crippen LogP contribution in [0.5, 0.6) is 0 Å². The predicted octanol–water partition coefficient (Wildman–Crippen LogP) is 15.0. The molecule has 0 unspecified atom stereocenters. The van der Waals surface area contributed by atoms with Crippen LogP contribution in [0.25, 0.3) is 134 Å². The van der Waals surface area contributed by atoms with Gasteiger partial charge in [-0.05, 0) is 143 Å². The first-order valence-corrected chi connectivity index (χ1v) is 30.2. The van der Waals surface area contributed by atoms with Gasteiger partial charge in [-0.25, -0.2) is 28.4 Å². The molecule has 0 fully saturated rings. The van der Waals surface area contributed by atoms with Gasteiger partial charge in [0.05, 0.1) is 9.75 Å². The number of nitriles is 4. The second-order valence-electron chi connectivity index (χ2n) is 20.4. The van der Waals surface area contributed by atoms with Gasteiger partial charge in [0, 0.05) is 38.1 Å². The molecule has 8 aromatic carbocycles. The number of hydrogen-bond acceptors (Lipinski definition) is 22. The predicted molar refractivity (Wildman–Crippen MR) is 360 cm³/mol. The van der Waals surface area contributed by atoms with Gasteiger partial charge in [0.15, 0.2) is 11.5 Å². The molecule has 0 aliphatic rings. The van der Waals surface area contributed by atoms with E-state index in [1.807, 2.05) is 170 Å². The third-order valence-electron chi connectivity index (χ3n) is 14.1. The zero-order chi connectivity index (χ0) is 68.7. The lowest BCUT2D eigenvalue weighted by Crippen LogP contribution is -1.97. The Morgan fingerprint density at radius 1 is 0.357 bits per heavy atom. The quantitative estimate of drug-likeness (QED) is 0.0580. The highest BCUT2D eigenvalue weighted by Crippen LogP contribution is 2.37. The van der Waals surface area contributed by atoms with Crippen molar-refractivity contribution in [3.63, 3.8) is 0 Å². The molecule has 26 heteroatoms. The van der Waals surface area contributed by atoms with Gasteiger partial charge in [0.1, 0.15) is 63.7 Å². The fourth-order valence-electron chi connectivity index (χ4n) is 9.43. The summed E-state index contributed by atoms with van der Waals surface area (Å²) in [6.45, 7) is 0. The van der Waals surface area contributed by atoms with Crippen molar-refractivity contribution in [2.24, 2.45) is 0 Å². The molecule has 0 spiro atoms. The molecule has 6 heterocycles. The molecule has 0 radical (unpaired) electrons. The fourth-order valence-corrected chi connectivity index (χ4v) is 11.2. The van der Waals surface area contributed by atoms with E-state index >= 15 is 0 Å². The summed E-state index contributed by atoms with van der Waals surface area (Å²) in [5, 5.41) is 103. The van der Waals surface area contributed by atoms with Crippen LogP contribution in [0.4, 0.5) is 0 Å². The third-order valence-corrected chi connectivity index (χ3v) is 16.2. The lowest BCUT2D eigenvalue weighted by atomic mass is 10.0. The number of nitrogens with zero attached hydrogens (tertiary/aromatic N) is 12. The summed E-state index contributed by atoms with van der Waals surface area (Å²) in [6.07, 6.45) is 4.86. The van der Waals surface area contributed by atoms with Crippen molar-refractivity contribution in [2.45, 2.75) is 0 Å². The van der Waals surface area contributed by atoms with Crippen LogP contribution in [-0.4, -0.2) is 85.2 Å². The Balaban J connectivity index is 0.000000133. The van der Waals surface area contributed by atoms with E-state index in [2.05, 4.69) is 40.9 Å². The van der Waals surface area contributed by atoms with Crippen LogP contribution < -0.4 is 0 Å². The van der Waals surface area contributed by atoms with E-state index in [1.54, 1.807) is 48.5 Å². The van der Waals surface area contributed by atoms with Crippen LogP contribution in [0, 0.1) is 45.3 Å². The van der Waals surface area contributed by atoms with Crippen molar-refractivity contribution in [3.8, 4) is 91.0 Å². The summed E-state index contributed by atoms with van der Waals surface area (Å²) >= 11 is 2.59. The van der Waals surface area contributed by atoms with Crippen molar-refractivity contribution in [1.29, 1.82) is 21.0 Å². The first kappa shape index (κ1) is 65.1. The normalized spacial score (nSPS) is 11.4. The molecular weight excluding hydrogens is 1290 g/mol. The number of carbonyl (C=O) groups is 4. The van der Waals surface area contributed by atoms with Crippen molar-refractivity contribution >= 4 is 114 Å². The molecule has 0 aliphatic carbocycles. The number of carboxylic acids is 4.